The number of aromatic nitrogens is 1. The number of anilines is 2. The van der Waals surface area contributed by atoms with E-state index in [1.807, 2.05) is 48.2 Å². The van der Waals surface area contributed by atoms with Crippen molar-refractivity contribution in [1.82, 2.24) is 9.88 Å². The van der Waals surface area contributed by atoms with Crippen molar-refractivity contribution < 1.29 is 4.79 Å². The van der Waals surface area contributed by atoms with Gasteiger partial charge >= 0.3 is 0 Å². The summed E-state index contributed by atoms with van der Waals surface area (Å²) >= 11 is 0. The third kappa shape index (κ3) is 4.11. The molecule has 2 aromatic carbocycles. The second-order valence-corrected chi connectivity index (χ2v) is 7.56. The first-order valence-electron chi connectivity index (χ1n) is 9.97. The zero-order valence-corrected chi connectivity index (χ0v) is 16.9. The van der Waals surface area contributed by atoms with E-state index in [-0.39, 0.29) is 11.5 Å². The van der Waals surface area contributed by atoms with Crippen LogP contribution in [-0.4, -0.2) is 42.0 Å². The molecule has 4 rings (SSSR count). The Kier molecular flexibility index (Phi) is 5.25. The van der Waals surface area contributed by atoms with Crippen LogP contribution in [0.5, 0.6) is 0 Å². The molecule has 0 spiro atoms. The van der Waals surface area contributed by atoms with Gasteiger partial charge in [-0.2, -0.15) is 0 Å². The Bertz CT molecular complexity index is 1080. The number of pyridine rings is 1. The summed E-state index contributed by atoms with van der Waals surface area (Å²) < 4.78 is 0. The van der Waals surface area contributed by atoms with Crippen LogP contribution in [0.1, 0.15) is 18.1 Å². The Hall–Kier alpha value is -3.28. The Labute approximate surface area is 170 Å². The van der Waals surface area contributed by atoms with Crippen molar-refractivity contribution in [3.8, 4) is 0 Å². The van der Waals surface area contributed by atoms with E-state index < -0.39 is 0 Å². The number of rotatable bonds is 4. The van der Waals surface area contributed by atoms with Crippen molar-refractivity contribution in [2.75, 3.05) is 36.4 Å². The summed E-state index contributed by atoms with van der Waals surface area (Å²) in [5, 5.41) is 4.38. The van der Waals surface area contributed by atoms with Gasteiger partial charge in [0.15, 0.2) is 0 Å². The molecule has 0 saturated carbocycles. The third-order valence-corrected chi connectivity index (χ3v) is 5.61. The van der Waals surface area contributed by atoms with E-state index in [1.54, 1.807) is 6.92 Å². The van der Waals surface area contributed by atoms with Gasteiger partial charge in [0.1, 0.15) is 0 Å². The molecule has 3 aromatic rings. The van der Waals surface area contributed by atoms with Gasteiger partial charge in [-0.05, 0) is 48.2 Å². The standard InChI is InChI=1S/C23H26N4O2/c1-16-4-3-5-18-14-19(23(29)25-22(16)18)15-24-20-6-8-21(9-7-20)27-12-10-26(11-13-27)17(2)28/h3-9,14,24H,10-13,15H2,1-2H3,(H,25,29). The number of para-hydroxylation sites is 1. The molecule has 0 unspecified atom stereocenters. The van der Waals surface area contributed by atoms with E-state index in [9.17, 15) is 9.59 Å². The maximum absolute atomic E-state index is 12.4. The van der Waals surface area contributed by atoms with Crippen LogP contribution in [0.25, 0.3) is 10.9 Å². The van der Waals surface area contributed by atoms with Gasteiger partial charge < -0.3 is 20.1 Å². The largest absolute Gasteiger partial charge is 0.381 e. The van der Waals surface area contributed by atoms with Crippen LogP contribution in [0.15, 0.2) is 53.3 Å². The molecule has 1 amide bonds. The number of nitrogens with one attached hydrogen (secondary N) is 2. The number of hydrogen-bond donors (Lipinski definition) is 2. The zero-order chi connectivity index (χ0) is 20.4. The number of hydrogen-bond acceptors (Lipinski definition) is 4. The topological polar surface area (TPSA) is 68.4 Å². The number of benzene rings is 2. The first-order chi connectivity index (χ1) is 14.0. The van der Waals surface area contributed by atoms with Gasteiger partial charge in [-0.3, -0.25) is 9.59 Å². The van der Waals surface area contributed by atoms with E-state index in [4.69, 9.17) is 0 Å². The molecule has 6 nitrogen and oxygen atoms in total. The second-order valence-electron chi connectivity index (χ2n) is 7.56. The Morgan fingerprint density at radius 1 is 1.07 bits per heavy atom. The highest BCUT2D eigenvalue weighted by molar-refractivity contribution is 5.82. The van der Waals surface area contributed by atoms with E-state index in [0.717, 1.165) is 54.0 Å². The molecule has 150 valence electrons. The molecule has 0 atom stereocenters. The lowest BCUT2D eigenvalue weighted by Crippen LogP contribution is -2.48. The Morgan fingerprint density at radius 2 is 1.79 bits per heavy atom. The molecule has 0 radical (unpaired) electrons. The number of carbonyl (C=O) groups excluding carboxylic acids is 1. The van der Waals surface area contributed by atoms with Gasteiger partial charge in [-0.15, -0.1) is 0 Å². The van der Waals surface area contributed by atoms with E-state index >= 15 is 0 Å². The molecular formula is C23H26N4O2. The number of amides is 1. The summed E-state index contributed by atoms with van der Waals surface area (Å²) in [6.07, 6.45) is 0. The molecule has 2 heterocycles. The minimum atomic E-state index is -0.0562. The van der Waals surface area contributed by atoms with Gasteiger partial charge in [-0.25, -0.2) is 0 Å². The number of piperazine rings is 1. The van der Waals surface area contributed by atoms with Crippen molar-refractivity contribution in [1.29, 1.82) is 0 Å². The average molecular weight is 390 g/mol. The summed E-state index contributed by atoms with van der Waals surface area (Å²) in [6.45, 7) is 7.31. The lowest BCUT2D eigenvalue weighted by molar-refractivity contribution is -0.129. The van der Waals surface area contributed by atoms with Crippen LogP contribution in [0, 0.1) is 6.92 Å². The van der Waals surface area contributed by atoms with Crippen molar-refractivity contribution in [3.63, 3.8) is 0 Å². The van der Waals surface area contributed by atoms with Crippen LogP contribution in [0.3, 0.4) is 0 Å². The number of H-pyrrole nitrogens is 1. The monoisotopic (exact) mass is 390 g/mol. The lowest BCUT2D eigenvalue weighted by atomic mass is 10.1. The van der Waals surface area contributed by atoms with Crippen LogP contribution in [0.2, 0.25) is 0 Å². The van der Waals surface area contributed by atoms with Gasteiger partial charge in [0.05, 0.1) is 5.52 Å². The van der Waals surface area contributed by atoms with Crippen LogP contribution in [0.4, 0.5) is 11.4 Å². The average Bonchev–Trinajstić information content (AvgIpc) is 2.73. The number of fused-ring (bicyclic) bond motifs is 1. The molecule has 1 saturated heterocycles. The van der Waals surface area contributed by atoms with Gasteiger partial charge in [0.2, 0.25) is 5.91 Å². The summed E-state index contributed by atoms with van der Waals surface area (Å²) in [7, 11) is 0. The first-order valence-corrected chi connectivity index (χ1v) is 9.97. The third-order valence-electron chi connectivity index (χ3n) is 5.61. The SMILES string of the molecule is CC(=O)N1CCN(c2ccc(NCc3cc4cccc(C)c4[nH]c3=O)cc2)CC1. The van der Waals surface area contributed by atoms with Crippen molar-refractivity contribution >= 4 is 28.2 Å². The second kappa shape index (κ2) is 7.99. The minimum Gasteiger partial charge on any atom is -0.381 e. The minimum absolute atomic E-state index is 0.0562. The molecule has 1 aromatic heterocycles. The lowest BCUT2D eigenvalue weighted by Gasteiger charge is -2.35. The van der Waals surface area contributed by atoms with Gasteiger partial charge in [0.25, 0.3) is 5.56 Å². The number of nitrogens with zero attached hydrogens (tertiary/aromatic N) is 2. The predicted molar refractivity (Wildman–Crippen MR) is 118 cm³/mol. The fourth-order valence-corrected chi connectivity index (χ4v) is 3.83. The summed E-state index contributed by atoms with van der Waals surface area (Å²) in [6, 6.07) is 16.2. The summed E-state index contributed by atoms with van der Waals surface area (Å²) in [5.41, 5.74) is 4.75. The molecular weight excluding hydrogens is 364 g/mol. The normalized spacial score (nSPS) is 14.3. The van der Waals surface area contributed by atoms with Crippen molar-refractivity contribution in [2.24, 2.45) is 0 Å². The van der Waals surface area contributed by atoms with Crippen LogP contribution < -0.4 is 15.8 Å². The predicted octanol–water partition coefficient (Wildman–Crippen LogP) is 3.12. The summed E-state index contributed by atoms with van der Waals surface area (Å²) in [4.78, 5) is 31.0. The van der Waals surface area contributed by atoms with E-state index in [1.165, 1.54) is 0 Å². The van der Waals surface area contributed by atoms with Crippen molar-refractivity contribution in [2.45, 2.75) is 20.4 Å². The maximum Gasteiger partial charge on any atom is 0.253 e. The fourth-order valence-electron chi connectivity index (χ4n) is 3.83. The molecule has 29 heavy (non-hydrogen) atoms. The highest BCUT2D eigenvalue weighted by atomic mass is 16.2. The highest BCUT2D eigenvalue weighted by Gasteiger charge is 2.18. The van der Waals surface area contributed by atoms with Crippen LogP contribution in [-0.2, 0) is 11.3 Å². The first kappa shape index (κ1) is 19.1. The molecule has 1 aliphatic heterocycles. The van der Waals surface area contributed by atoms with E-state index in [0.29, 0.717) is 12.1 Å². The van der Waals surface area contributed by atoms with Crippen molar-refractivity contribution in [3.05, 3.63) is 70.0 Å². The van der Waals surface area contributed by atoms with E-state index in [2.05, 4.69) is 27.3 Å². The highest BCUT2D eigenvalue weighted by Crippen LogP contribution is 2.20. The molecule has 0 aliphatic carbocycles. The van der Waals surface area contributed by atoms with Gasteiger partial charge in [0, 0.05) is 56.6 Å². The molecule has 1 fully saturated rings. The zero-order valence-electron chi connectivity index (χ0n) is 16.9. The Balaban J connectivity index is 1.41. The smallest absolute Gasteiger partial charge is 0.253 e. The fraction of sp³-hybridized carbons (Fsp3) is 0.304. The molecule has 0 bridgehead atoms. The number of aryl methyl sites for hydroxylation is 1. The molecule has 2 N–H and O–H groups in total. The Morgan fingerprint density at radius 3 is 2.48 bits per heavy atom. The van der Waals surface area contributed by atoms with Gasteiger partial charge in [-0.1, -0.05) is 18.2 Å². The maximum atomic E-state index is 12.4. The van der Waals surface area contributed by atoms with Crippen LogP contribution >= 0.6 is 0 Å². The number of carbonyl (C=O) groups is 1. The molecule has 6 heteroatoms. The number of aromatic amines is 1. The molecule has 1 aliphatic rings. The summed E-state index contributed by atoms with van der Waals surface area (Å²) in [5.74, 6) is 0.142. The quantitative estimate of drug-likeness (QED) is 0.718.